The Kier molecular flexibility index (Phi) is 3.39. The molecule has 2 heteroatoms. The van der Waals surface area contributed by atoms with Crippen molar-refractivity contribution in [3.63, 3.8) is 0 Å². The van der Waals surface area contributed by atoms with Gasteiger partial charge >= 0.3 is 0 Å². The molecule has 1 saturated heterocycles. The fraction of sp³-hybridized carbons (Fsp3) is 0.538. The van der Waals surface area contributed by atoms with Crippen LogP contribution in [0.4, 0.5) is 0 Å². The molecule has 1 aliphatic rings. The van der Waals surface area contributed by atoms with Gasteiger partial charge in [-0.05, 0) is 12.5 Å². The largest absolute Gasteiger partial charge is 0.381 e. The summed E-state index contributed by atoms with van der Waals surface area (Å²) in [7, 11) is 0. The average molecular weight is 206 g/mol. The van der Waals surface area contributed by atoms with E-state index in [1.807, 2.05) is 6.07 Å². The molecule has 1 aromatic rings. The minimum atomic E-state index is -0.103. The molecule has 0 atom stereocenters. The summed E-state index contributed by atoms with van der Waals surface area (Å²) in [5, 5.41) is 0. The van der Waals surface area contributed by atoms with E-state index in [0.717, 1.165) is 32.7 Å². The number of rotatable bonds is 3. The summed E-state index contributed by atoms with van der Waals surface area (Å²) in [6, 6.07) is 10.5. The van der Waals surface area contributed by atoms with Crippen LogP contribution >= 0.6 is 0 Å². The van der Waals surface area contributed by atoms with Crippen molar-refractivity contribution in [2.45, 2.75) is 25.4 Å². The fourth-order valence-electron chi connectivity index (χ4n) is 2.24. The molecule has 2 rings (SSSR count). The molecule has 1 aromatic carbocycles. The normalized spacial score (nSPS) is 20.1. The maximum atomic E-state index is 5.98. The van der Waals surface area contributed by atoms with Gasteiger partial charge in [-0.2, -0.15) is 0 Å². The fourth-order valence-corrected chi connectivity index (χ4v) is 2.24. The van der Waals surface area contributed by atoms with Crippen molar-refractivity contribution >= 4 is 0 Å². The SMILES string of the molecule is CCOC1(c2ccccc2)CCOCC1. The maximum absolute atomic E-state index is 5.98. The van der Waals surface area contributed by atoms with Crippen LogP contribution in [-0.4, -0.2) is 19.8 Å². The van der Waals surface area contributed by atoms with Crippen LogP contribution < -0.4 is 0 Å². The Morgan fingerprint density at radius 1 is 1.20 bits per heavy atom. The summed E-state index contributed by atoms with van der Waals surface area (Å²) < 4.78 is 11.4. The van der Waals surface area contributed by atoms with Gasteiger partial charge in [0, 0.05) is 32.7 Å². The predicted molar refractivity (Wildman–Crippen MR) is 59.8 cm³/mol. The van der Waals surface area contributed by atoms with Crippen LogP contribution in [0, 0.1) is 0 Å². The van der Waals surface area contributed by atoms with Crippen molar-refractivity contribution < 1.29 is 9.47 Å². The van der Waals surface area contributed by atoms with E-state index in [9.17, 15) is 0 Å². The third-order valence-corrected chi connectivity index (χ3v) is 3.02. The maximum Gasteiger partial charge on any atom is 0.0974 e. The zero-order valence-corrected chi connectivity index (χ0v) is 9.24. The molecule has 15 heavy (non-hydrogen) atoms. The molecule has 1 aliphatic heterocycles. The van der Waals surface area contributed by atoms with Crippen LogP contribution in [0.2, 0.25) is 0 Å². The second kappa shape index (κ2) is 4.77. The zero-order chi connectivity index (χ0) is 10.6. The van der Waals surface area contributed by atoms with Gasteiger partial charge in [0.15, 0.2) is 0 Å². The van der Waals surface area contributed by atoms with E-state index < -0.39 is 0 Å². The molecular weight excluding hydrogens is 188 g/mol. The Morgan fingerprint density at radius 2 is 1.87 bits per heavy atom. The predicted octanol–water partition coefficient (Wildman–Crippen LogP) is 2.73. The van der Waals surface area contributed by atoms with Crippen LogP contribution in [-0.2, 0) is 15.1 Å². The Labute approximate surface area is 91.2 Å². The highest BCUT2D eigenvalue weighted by atomic mass is 16.5. The van der Waals surface area contributed by atoms with Gasteiger partial charge in [0.25, 0.3) is 0 Å². The summed E-state index contributed by atoms with van der Waals surface area (Å²) >= 11 is 0. The van der Waals surface area contributed by atoms with E-state index in [2.05, 4.69) is 31.2 Å². The molecule has 0 spiro atoms. The Bertz CT molecular complexity index is 283. The van der Waals surface area contributed by atoms with Gasteiger partial charge in [-0.25, -0.2) is 0 Å². The van der Waals surface area contributed by atoms with Crippen LogP contribution in [0.3, 0.4) is 0 Å². The minimum absolute atomic E-state index is 0.103. The second-order valence-electron chi connectivity index (χ2n) is 3.91. The monoisotopic (exact) mass is 206 g/mol. The number of hydrogen-bond donors (Lipinski definition) is 0. The molecule has 0 N–H and O–H groups in total. The lowest BCUT2D eigenvalue weighted by atomic mass is 9.86. The van der Waals surface area contributed by atoms with Crippen LogP contribution in [0.5, 0.6) is 0 Å². The molecule has 0 saturated carbocycles. The molecule has 0 unspecified atom stereocenters. The Balaban J connectivity index is 2.25. The van der Waals surface area contributed by atoms with Gasteiger partial charge in [-0.3, -0.25) is 0 Å². The molecular formula is C13H18O2. The van der Waals surface area contributed by atoms with Gasteiger partial charge in [0.05, 0.1) is 5.60 Å². The Hall–Kier alpha value is -0.860. The van der Waals surface area contributed by atoms with Gasteiger partial charge in [-0.15, -0.1) is 0 Å². The molecule has 1 fully saturated rings. The van der Waals surface area contributed by atoms with Crippen molar-refractivity contribution in [1.82, 2.24) is 0 Å². The molecule has 82 valence electrons. The highest BCUT2D eigenvalue weighted by Crippen LogP contribution is 2.35. The molecule has 0 bridgehead atoms. The van der Waals surface area contributed by atoms with Gasteiger partial charge in [0.2, 0.25) is 0 Å². The first-order chi connectivity index (χ1) is 7.37. The van der Waals surface area contributed by atoms with Crippen molar-refractivity contribution in [2.24, 2.45) is 0 Å². The highest BCUT2D eigenvalue weighted by molar-refractivity contribution is 5.23. The lowest BCUT2D eigenvalue weighted by Gasteiger charge is -2.37. The number of hydrogen-bond acceptors (Lipinski definition) is 2. The van der Waals surface area contributed by atoms with E-state index in [-0.39, 0.29) is 5.60 Å². The van der Waals surface area contributed by atoms with Gasteiger partial charge in [0.1, 0.15) is 0 Å². The standard InChI is InChI=1S/C13H18O2/c1-2-15-13(8-10-14-11-9-13)12-6-4-3-5-7-12/h3-7H,2,8-11H2,1H3. The molecule has 0 aromatic heterocycles. The first-order valence-corrected chi connectivity index (χ1v) is 5.65. The summed E-state index contributed by atoms with van der Waals surface area (Å²) in [6.07, 6.45) is 1.93. The molecule has 1 heterocycles. The van der Waals surface area contributed by atoms with E-state index in [1.54, 1.807) is 0 Å². The molecule has 0 radical (unpaired) electrons. The van der Waals surface area contributed by atoms with E-state index in [1.165, 1.54) is 5.56 Å². The third kappa shape index (κ3) is 2.21. The van der Waals surface area contributed by atoms with Crippen molar-refractivity contribution in [3.8, 4) is 0 Å². The second-order valence-corrected chi connectivity index (χ2v) is 3.91. The summed E-state index contributed by atoms with van der Waals surface area (Å²) in [6.45, 7) is 4.42. The quantitative estimate of drug-likeness (QED) is 0.757. The van der Waals surface area contributed by atoms with Crippen LogP contribution in [0.1, 0.15) is 25.3 Å². The smallest absolute Gasteiger partial charge is 0.0974 e. The first-order valence-electron chi connectivity index (χ1n) is 5.65. The first kappa shape index (κ1) is 10.7. The highest BCUT2D eigenvalue weighted by Gasteiger charge is 2.34. The van der Waals surface area contributed by atoms with Crippen molar-refractivity contribution in [2.75, 3.05) is 19.8 Å². The van der Waals surface area contributed by atoms with E-state index in [4.69, 9.17) is 9.47 Å². The lowest BCUT2D eigenvalue weighted by Crippen LogP contribution is -2.36. The zero-order valence-electron chi connectivity index (χ0n) is 9.24. The van der Waals surface area contributed by atoms with E-state index in [0.29, 0.717) is 0 Å². The minimum Gasteiger partial charge on any atom is -0.381 e. The summed E-state index contributed by atoms with van der Waals surface area (Å²) in [5.74, 6) is 0. The lowest BCUT2D eigenvalue weighted by molar-refractivity contribution is -0.112. The molecule has 0 amide bonds. The number of benzene rings is 1. The molecule has 2 nitrogen and oxygen atoms in total. The molecule has 0 aliphatic carbocycles. The summed E-state index contributed by atoms with van der Waals surface area (Å²) in [4.78, 5) is 0. The van der Waals surface area contributed by atoms with Gasteiger partial charge < -0.3 is 9.47 Å². The Morgan fingerprint density at radius 3 is 2.47 bits per heavy atom. The van der Waals surface area contributed by atoms with Crippen LogP contribution in [0.15, 0.2) is 30.3 Å². The van der Waals surface area contributed by atoms with Crippen molar-refractivity contribution in [3.05, 3.63) is 35.9 Å². The summed E-state index contributed by atoms with van der Waals surface area (Å²) in [5.41, 5.74) is 1.18. The topological polar surface area (TPSA) is 18.5 Å². The third-order valence-electron chi connectivity index (χ3n) is 3.02. The van der Waals surface area contributed by atoms with Crippen LogP contribution in [0.25, 0.3) is 0 Å². The van der Waals surface area contributed by atoms with Crippen molar-refractivity contribution in [1.29, 1.82) is 0 Å². The number of ether oxygens (including phenoxy) is 2. The van der Waals surface area contributed by atoms with Gasteiger partial charge in [-0.1, -0.05) is 30.3 Å². The van der Waals surface area contributed by atoms with E-state index >= 15 is 0 Å². The average Bonchev–Trinajstić information content (AvgIpc) is 2.32.